The van der Waals surface area contributed by atoms with Crippen LogP contribution in [-0.2, 0) is 11.3 Å². The molecule has 9 nitrogen and oxygen atoms in total. The maximum atomic E-state index is 12.7. The van der Waals surface area contributed by atoms with Gasteiger partial charge in [0.2, 0.25) is 0 Å². The fourth-order valence-corrected chi connectivity index (χ4v) is 3.05. The Bertz CT molecular complexity index is 1160. The van der Waals surface area contributed by atoms with Gasteiger partial charge in [-0.25, -0.2) is 14.8 Å². The third kappa shape index (κ3) is 4.09. The topological polar surface area (TPSA) is 138 Å². The number of aliphatic hydroxyl groups is 1. The molecule has 3 aromatic rings. The maximum absolute atomic E-state index is 12.7. The summed E-state index contributed by atoms with van der Waals surface area (Å²) in [7, 11) is 0. The van der Waals surface area contributed by atoms with Gasteiger partial charge in [-0.15, -0.1) is 0 Å². The van der Waals surface area contributed by atoms with Crippen molar-refractivity contribution in [3.05, 3.63) is 44.1 Å². The van der Waals surface area contributed by atoms with E-state index in [0.29, 0.717) is 17.5 Å². The summed E-state index contributed by atoms with van der Waals surface area (Å²) in [5.41, 5.74) is 2.23. The minimum Gasteiger partial charge on any atom is -0.481 e. The Morgan fingerprint density at radius 1 is 1.14 bits per heavy atom. The first-order chi connectivity index (χ1) is 13.3. The predicted octanol–water partition coefficient (Wildman–Crippen LogP) is 1.26. The molecule has 2 aromatic heterocycles. The van der Waals surface area contributed by atoms with E-state index in [4.69, 9.17) is 5.11 Å². The number of benzene rings is 1. The highest BCUT2D eigenvalue weighted by Gasteiger charge is 2.14. The van der Waals surface area contributed by atoms with Crippen LogP contribution in [0.5, 0.6) is 0 Å². The lowest BCUT2D eigenvalue weighted by molar-refractivity contribution is -0.137. The van der Waals surface area contributed by atoms with Crippen molar-refractivity contribution in [1.29, 1.82) is 0 Å². The Labute approximate surface area is 159 Å². The number of carboxylic acid groups (broad SMARTS) is 1. The molecule has 3 N–H and O–H groups in total. The van der Waals surface area contributed by atoms with Gasteiger partial charge in [0, 0.05) is 13.0 Å². The van der Waals surface area contributed by atoms with E-state index >= 15 is 0 Å². The average Bonchev–Trinajstić information content (AvgIpc) is 2.61. The Morgan fingerprint density at radius 3 is 2.43 bits per heavy atom. The van der Waals surface area contributed by atoms with Crippen molar-refractivity contribution < 1.29 is 15.0 Å². The molecule has 1 unspecified atom stereocenters. The highest BCUT2D eigenvalue weighted by Crippen LogP contribution is 2.17. The molecule has 1 aromatic carbocycles. The molecule has 0 saturated carbocycles. The number of hydrogen-bond acceptors (Lipinski definition) is 6. The fourth-order valence-electron chi connectivity index (χ4n) is 3.05. The van der Waals surface area contributed by atoms with Crippen LogP contribution in [0.1, 0.15) is 36.8 Å². The molecular weight excluding hydrogens is 364 g/mol. The second-order valence-corrected chi connectivity index (χ2v) is 6.96. The minimum atomic E-state index is -0.925. The van der Waals surface area contributed by atoms with Crippen LogP contribution < -0.4 is 11.2 Å². The number of nitrogens with one attached hydrogen (secondary N) is 1. The fraction of sp³-hybridized carbons (Fsp3) is 0.421. The first kappa shape index (κ1) is 19.7. The van der Waals surface area contributed by atoms with Gasteiger partial charge in [0.15, 0.2) is 11.2 Å². The maximum Gasteiger partial charge on any atom is 0.330 e. The second-order valence-electron chi connectivity index (χ2n) is 6.96. The monoisotopic (exact) mass is 386 g/mol. The molecule has 1 atom stereocenters. The number of carbonyl (C=O) groups is 1. The second kappa shape index (κ2) is 7.89. The zero-order chi connectivity index (χ0) is 20.4. The highest BCUT2D eigenvalue weighted by atomic mass is 16.4. The molecule has 2 heterocycles. The van der Waals surface area contributed by atoms with Gasteiger partial charge in [-0.3, -0.25) is 19.1 Å². The Hall–Kier alpha value is -3.07. The molecule has 28 heavy (non-hydrogen) atoms. The van der Waals surface area contributed by atoms with Crippen molar-refractivity contribution in [1.82, 2.24) is 19.5 Å². The molecule has 3 rings (SSSR count). The summed E-state index contributed by atoms with van der Waals surface area (Å²) in [5, 5.41) is 18.6. The highest BCUT2D eigenvalue weighted by molar-refractivity contribution is 5.84. The molecule has 0 radical (unpaired) electrons. The Morgan fingerprint density at radius 2 is 1.79 bits per heavy atom. The van der Waals surface area contributed by atoms with E-state index in [9.17, 15) is 19.5 Å². The molecule has 0 aliphatic heterocycles. The number of fused-ring (bicyclic) bond motifs is 2. The van der Waals surface area contributed by atoms with E-state index in [2.05, 4.69) is 15.0 Å². The van der Waals surface area contributed by atoms with Gasteiger partial charge in [0.05, 0.1) is 17.1 Å². The number of nitrogens with zero attached hydrogens (tertiary/aromatic N) is 3. The first-order valence-corrected chi connectivity index (χ1v) is 9.08. The van der Waals surface area contributed by atoms with E-state index in [1.807, 2.05) is 26.0 Å². The third-order valence-corrected chi connectivity index (χ3v) is 4.81. The van der Waals surface area contributed by atoms with E-state index in [1.54, 1.807) is 0 Å². The number of H-pyrrole nitrogens is 1. The van der Waals surface area contributed by atoms with Gasteiger partial charge in [-0.2, -0.15) is 0 Å². The molecule has 9 heteroatoms. The van der Waals surface area contributed by atoms with E-state index in [-0.39, 0.29) is 37.0 Å². The van der Waals surface area contributed by atoms with Crippen molar-refractivity contribution >= 4 is 28.2 Å². The lowest BCUT2D eigenvalue weighted by Gasteiger charge is -2.11. The summed E-state index contributed by atoms with van der Waals surface area (Å²) < 4.78 is 0.990. The van der Waals surface area contributed by atoms with Gasteiger partial charge in [0.1, 0.15) is 0 Å². The molecule has 0 spiro atoms. The van der Waals surface area contributed by atoms with Gasteiger partial charge in [-0.05, 0) is 56.4 Å². The minimum absolute atomic E-state index is 0.00495. The van der Waals surface area contributed by atoms with E-state index in [1.165, 1.54) is 0 Å². The molecule has 0 bridgehead atoms. The van der Waals surface area contributed by atoms with Gasteiger partial charge in [0.25, 0.3) is 5.56 Å². The quantitative estimate of drug-likeness (QED) is 0.520. The molecule has 0 saturated heterocycles. The van der Waals surface area contributed by atoms with Crippen LogP contribution in [0.15, 0.2) is 21.7 Å². The van der Waals surface area contributed by atoms with Crippen molar-refractivity contribution in [2.24, 2.45) is 0 Å². The number of rotatable bonds is 7. The summed E-state index contributed by atoms with van der Waals surface area (Å²) in [6, 6.07) is 3.70. The van der Waals surface area contributed by atoms with Crippen LogP contribution in [0.3, 0.4) is 0 Å². The van der Waals surface area contributed by atoms with Crippen molar-refractivity contribution in [3.63, 3.8) is 0 Å². The zero-order valence-corrected chi connectivity index (χ0v) is 15.7. The lowest BCUT2D eigenvalue weighted by Crippen LogP contribution is -2.36. The first-order valence-electron chi connectivity index (χ1n) is 9.08. The number of carboxylic acids is 1. The number of hydrogen-bond donors (Lipinski definition) is 3. The van der Waals surface area contributed by atoms with E-state index in [0.717, 1.165) is 15.7 Å². The number of aliphatic carboxylic acids is 1. The van der Waals surface area contributed by atoms with Crippen LogP contribution in [0.25, 0.3) is 22.2 Å². The Kier molecular flexibility index (Phi) is 5.55. The van der Waals surface area contributed by atoms with Crippen molar-refractivity contribution in [3.8, 4) is 0 Å². The van der Waals surface area contributed by atoms with E-state index < -0.39 is 23.3 Å². The van der Waals surface area contributed by atoms with Crippen LogP contribution in [0.4, 0.5) is 0 Å². The number of aryl methyl sites for hydroxylation is 2. The lowest BCUT2D eigenvalue weighted by atomic mass is 10.1. The summed E-state index contributed by atoms with van der Waals surface area (Å²) in [4.78, 5) is 46.9. The van der Waals surface area contributed by atoms with Crippen molar-refractivity contribution in [2.45, 2.75) is 52.2 Å². The van der Waals surface area contributed by atoms with Crippen LogP contribution in [0, 0.1) is 13.8 Å². The van der Waals surface area contributed by atoms with Gasteiger partial charge >= 0.3 is 11.7 Å². The summed E-state index contributed by atoms with van der Waals surface area (Å²) >= 11 is 0. The van der Waals surface area contributed by atoms with Gasteiger partial charge < -0.3 is 10.2 Å². The predicted molar refractivity (Wildman–Crippen MR) is 104 cm³/mol. The largest absolute Gasteiger partial charge is 0.481 e. The van der Waals surface area contributed by atoms with Crippen LogP contribution >= 0.6 is 0 Å². The molecule has 0 aliphatic rings. The number of aromatic nitrogens is 4. The van der Waals surface area contributed by atoms with Crippen molar-refractivity contribution in [2.75, 3.05) is 0 Å². The molecular formula is C19H22N4O5. The van der Waals surface area contributed by atoms with Crippen LogP contribution in [-0.4, -0.2) is 41.8 Å². The Balaban J connectivity index is 1.90. The smallest absolute Gasteiger partial charge is 0.330 e. The standard InChI is InChI=1S/C19H22N4O5/c1-10-8-13-14(9-11(10)2)21-17-16(20-13)18(27)23(19(28)22-17)7-6-12(24)4-3-5-15(25)26/h8-9,12,24H,3-7H2,1-2H3,(H,25,26)(H,21,22,28). The number of aliphatic hydroxyl groups excluding tert-OH is 1. The van der Waals surface area contributed by atoms with Gasteiger partial charge in [-0.1, -0.05) is 0 Å². The summed E-state index contributed by atoms with van der Waals surface area (Å²) in [5.74, 6) is -0.925. The number of aromatic amines is 1. The SMILES string of the molecule is Cc1cc2nc3[nH]c(=O)n(CCC(O)CCCC(=O)O)c(=O)c3nc2cc1C. The summed E-state index contributed by atoms with van der Waals surface area (Å²) in [6.07, 6.45) is -0.0527. The molecule has 0 aliphatic carbocycles. The normalized spacial score (nSPS) is 12.5. The third-order valence-electron chi connectivity index (χ3n) is 4.81. The average molecular weight is 386 g/mol. The molecule has 0 amide bonds. The molecule has 0 fully saturated rings. The zero-order valence-electron chi connectivity index (χ0n) is 15.7. The van der Waals surface area contributed by atoms with Crippen LogP contribution in [0.2, 0.25) is 0 Å². The molecule has 148 valence electrons. The summed E-state index contributed by atoms with van der Waals surface area (Å²) in [6.45, 7) is 3.89.